The SMILES string of the molecule is CC(=O)Nc1c(N)c(=O)[nH]c(=O)n1C. The highest BCUT2D eigenvalue weighted by molar-refractivity contribution is 5.90. The lowest BCUT2D eigenvalue weighted by Gasteiger charge is -2.09. The number of H-pyrrole nitrogens is 1. The van der Waals surface area contributed by atoms with Crippen molar-refractivity contribution in [2.75, 3.05) is 11.1 Å². The minimum Gasteiger partial charge on any atom is -0.391 e. The zero-order chi connectivity index (χ0) is 10.9. The number of nitrogens with zero attached hydrogens (tertiary/aromatic N) is 1. The van der Waals surface area contributed by atoms with Crippen molar-refractivity contribution in [2.45, 2.75) is 6.92 Å². The van der Waals surface area contributed by atoms with Gasteiger partial charge in [0.15, 0.2) is 0 Å². The molecule has 0 aliphatic heterocycles. The molecule has 14 heavy (non-hydrogen) atoms. The topological polar surface area (TPSA) is 110 Å². The van der Waals surface area contributed by atoms with Crippen LogP contribution in [0.4, 0.5) is 11.5 Å². The van der Waals surface area contributed by atoms with E-state index in [1.165, 1.54) is 14.0 Å². The van der Waals surface area contributed by atoms with Crippen LogP contribution in [0.15, 0.2) is 9.59 Å². The molecule has 1 heterocycles. The molecule has 0 aliphatic carbocycles. The summed E-state index contributed by atoms with van der Waals surface area (Å²) < 4.78 is 1.05. The molecule has 0 aliphatic rings. The first kappa shape index (κ1) is 10.0. The van der Waals surface area contributed by atoms with E-state index in [-0.39, 0.29) is 11.5 Å². The zero-order valence-electron chi connectivity index (χ0n) is 7.75. The molecule has 0 unspecified atom stereocenters. The van der Waals surface area contributed by atoms with Gasteiger partial charge in [-0.3, -0.25) is 19.1 Å². The highest BCUT2D eigenvalue weighted by Gasteiger charge is 2.09. The van der Waals surface area contributed by atoms with Gasteiger partial charge in [0.1, 0.15) is 11.5 Å². The van der Waals surface area contributed by atoms with Crippen molar-refractivity contribution in [3.05, 3.63) is 20.8 Å². The van der Waals surface area contributed by atoms with Crippen molar-refractivity contribution in [2.24, 2.45) is 7.05 Å². The molecule has 7 nitrogen and oxygen atoms in total. The minimum atomic E-state index is -0.711. The Hall–Kier alpha value is -2.05. The van der Waals surface area contributed by atoms with Gasteiger partial charge in [-0.1, -0.05) is 0 Å². The Morgan fingerprint density at radius 1 is 1.50 bits per heavy atom. The van der Waals surface area contributed by atoms with Crippen LogP contribution in [0.3, 0.4) is 0 Å². The maximum Gasteiger partial charge on any atom is 0.329 e. The molecule has 1 aromatic heterocycles. The monoisotopic (exact) mass is 198 g/mol. The second kappa shape index (κ2) is 3.36. The van der Waals surface area contributed by atoms with Crippen LogP contribution in [0.2, 0.25) is 0 Å². The highest BCUT2D eigenvalue weighted by Crippen LogP contribution is 2.08. The number of nitrogens with two attached hydrogens (primary N) is 1. The van der Waals surface area contributed by atoms with Gasteiger partial charge in [-0.2, -0.15) is 0 Å². The molecule has 0 fully saturated rings. The van der Waals surface area contributed by atoms with Crippen molar-refractivity contribution >= 4 is 17.4 Å². The van der Waals surface area contributed by atoms with E-state index in [9.17, 15) is 14.4 Å². The number of rotatable bonds is 1. The standard InChI is InChI=1S/C7H10N4O3/c1-3(12)9-5-4(8)6(13)10-7(14)11(5)2/h8H2,1-2H3,(H,9,12)(H,10,13,14). The average Bonchev–Trinajstić information content (AvgIpc) is 2.09. The van der Waals surface area contributed by atoms with E-state index in [1.54, 1.807) is 0 Å². The fraction of sp³-hybridized carbons (Fsp3) is 0.286. The van der Waals surface area contributed by atoms with E-state index in [4.69, 9.17) is 5.73 Å². The molecule has 0 saturated heterocycles. The maximum absolute atomic E-state index is 11.1. The van der Waals surface area contributed by atoms with E-state index in [0.29, 0.717) is 0 Å². The van der Waals surface area contributed by atoms with E-state index in [2.05, 4.69) is 5.32 Å². The summed E-state index contributed by atoms with van der Waals surface area (Å²) in [7, 11) is 1.39. The van der Waals surface area contributed by atoms with Gasteiger partial charge in [0.2, 0.25) is 5.91 Å². The number of aromatic nitrogens is 2. The smallest absolute Gasteiger partial charge is 0.329 e. The Balaban J connectivity index is 3.47. The van der Waals surface area contributed by atoms with Gasteiger partial charge in [-0.05, 0) is 0 Å². The molecule has 0 saturated carbocycles. The van der Waals surface area contributed by atoms with Crippen LogP contribution in [-0.2, 0) is 11.8 Å². The third-order valence-electron chi connectivity index (χ3n) is 1.65. The van der Waals surface area contributed by atoms with Crippen molar-refractivity contribution in [1.29, 1.82) is 0 Å². The van der Waals surface area contributed by atoms with E-state index in [0.717, 1.165) is 4.57 Å². The Bertz CT molecular complexity index is 450. The largest absolute Gasteiger partial charge is 0.391 e. The number of anilines is 2. The van der Waals surface area contributed by atoms with E-state index >= 15 is 0 Å². The number of carbonyl (C=O) groups excluding carboxylic acids is 1. The van der Waals surface area contributed by atoms with Crippen molar-refractivity contribution in [3.8, 4) is 0 Å². The van der Waals surface area contributed by atoms with Crippen LogP contribution >= 0.6 is 0 Å². The minimum absolute atomic E-state index is 0.00579. The second-order valence-corrected chi connectivity index (χ2v) is 2.76. The third-order valence-corrected chi connectivity index (χ3v) is 1.65. The van der Waals surface area contributed by atoms with Crippen LogP contribution in [0.25, 0.3) is 0 Å². The predicted molar refractivity (Wildman–Crippen MR) is 51.0 cm³/mol. The van der Waals surface area contributed by atoms with E-state index in [1.807, 2.05) is 4.98 Å². The molecule has 0 atom stereocenters. The van der Waals surface area contributed by atoms with Gasteiger partial charge in [0, 0.05) is 14.0 Å². The molecular formula is C7H10N4O3. The fourth-order valence-electron chi connectivity index (χ4n) is 0.956. The molecular weight excluding hydrogens is 188 g/mol. The van der Waals surface area contributed by atoms with Gasteiger partial charge in [-0.15, -0.1) is 0 Å². The van der Waals surface area contributed by atoms with Gasteiger partial charge in [-0.25, -0.2) is 4.79 Å². The second-order valence-electron chi connectivity index (χ2n) is 2.76. The summed E-state index contributed by atoms with van der Waals surface area (Å²) in [6, 6.07) is 0. The van der Waals surface area contributed by atoms with Gasteiger partial charge >= 0.3 is 5.69 Å². The number of hydrogen-bond donors (Lipinski definition) is 3. The summed E-state index contributed by atoms with van der Waals surface area (Å²) in [6.45, 7) is 1.26. The number of carbonyl (C=O) groups is 1. The van der Waals surface area contributed by atoms with Crippen LogP contribution in [0.5, 0.6) is 0 Å². The van der Waals surface area contributed by atoms with Crippen LogP contribution in [-0.4, -0.2) is 15.5 Å². The van der Waals surface area contributed by atoms with Crippen molar-refractivity contribution in [3.63, 3.8) is 0 Å². The highest BCUT2D eigenvalue weighted by atomic mass is 16.2. The first-order valence-corrected chi connectivity index (χ1v) is 3.80. The molecule has 76 valence electrons. The zero-order valence-corrected chi connectivity index (χ0v) is 7.75. The Morgan fingerprint density at radius 3 is 2.57 bits per heavy atom. The number of aromatic amines is 1. The molecule has 0 aromatic carbocycles. The average molecular weight is 198 g/mol. The lowest BCUT2D eigenvalue weighted by molar-refractivity contribution is -0.114. The van der Waals surface area contributed by atoms with Crippen LogP contribution < -0.4 is 22.3 Å². The van der Waals surface area contributed by atoms with Crippen molar-refractivity contribution < 1.29 is 4.79 Å². The summed E-state index contributed by atoms with van der Waals surface area (Å²) in [6.07, 6.45) is 0. The quantitative estimate of drug-likeness (QED) is 0.516. The molecule has 0 radical (unpaired) electrons. The number of hydrogen-bond acceptors (Lipinski definition) is 4. The first-order chi connectivity index (χ1) is 6.43. The fourth-order valence-corrected chi connectivity index (χ4v) is 0.956. The Morgan fingerprint density at radius 2 is 2.07 bits per heavy atom. The summed E-state index contributed by atoms with van der Waals surface area (Å²) in [5.41, 5.74) is 3.85. The molecule has 4 N–H and O–H groups in total. The predicted octanol–water partition coefficient (Wildman–Crippen LogP) is -1.39. The molecule has 0 spiro atoms. The molecule has 0 bridgehead atoms. The van der Waals surface area contributed by atoms with Gasteiger partial charge in [0.25, 0.3) is 5.56 Å². The Kier molecular flexibility index (Phi) is 2.41. The summed E-state index contributed by atoms with van der Waals surface area (Å²) in [4.78, 5) is 34.9. The number of nitrogens with one attached hydrogen (secondary N) is 2. The lowest BCUT2D eigenvalue weighted by Crippen LogP contribution is -2.33. The third kappa shape index (κ3) is 1.65. The normalized spacial score (nSPS) is 9.86. The summed E-state index contributed by atoms with van der Waals surface area (Å²) in [5, 5.41) is 2.30. The maximum atomic E-state index is 11.1. The van der Waals surface area contributed by atoms with Crippen molar-refractivity contribution in [1.82, 2.24) is 9.55 Å². The molecule has 1 aromatic rings. The molecule has 1 amide bonds. The van der Waals surface area contributed by atoms with Gasteiger partial charge in [0.05, 0.1) is 0 Å². The van der Waals surface area contributed by atoms with Crippen LogP contribution in [0, 0.1) is 0 Å². The summed E-state index contributed by atoms with van der Waals surface area (Å²) >= 11 is 0. The number of amides is 1. The number of nitrogen functional groups attached to an aromatic ring is 1. The van der Waals surface area contributed by atoms with E-state index < -0.39 is 17.2 Å². The van der Waals surface area contributed by atoms with Gasteiger partial charge < -0.3 is 11.1 Å². The first-order valence-electron chi connectivity index (χ1n) is 3.80. The Labute approximate surface area is 78.5 Å². The summed E-state index contributed by atoms with van der Waals surface area (Å²) in [5.74, 6) is -0.399. The molecule has 7 heteroatoms. The lowest BCUT2D eigenvalue weighted by atomic mass is 10.4. The van der Waals surface area contributed by atoms with Crippen LogP contribution in [0.1, 0.15) is 6.92 Å². The molecule has 1 rings (SSSR count).